The van der Waals surface area contributed by atoms with Crippen LogP contribution in [0, 0.1) is 0 Å². The average molecular weight is 252 g/mol. The van der Waals surface area contributed by atoms with Gasteiger partial charge in [0.2, 0.25) is 6.23 Å². The van der Waals surface area contributed by atoms with Crippen LogP contribution in [0.1, 0.15) is 32.4 Å². The molecule has 1 fully saturated rings. The molecule has 100 valence electrons. The van der Waals surface area contributed by atoms with Crippen LogP contribution < -0.4 is 0 Å². The van der Waals surface area contributed by atoms with Crippen molar-refractivity contribution in [2.24, 2.45) is 0 Å². The Labute approximate surface area is 107 Å². The maximum absolute atomic E-state index is 12.1. The molecule has 0 saturated carbocycles. The van der Waals surface area contributed by atoms with Gasteiger partial charge in [0.05, 0.1) is 0 Å². The molecule has 1 aliphatic heterocycles. The van der Waals surface area contributed by atoms with Crippen LogP contribution in [0.5, 0.6) is 0 Å². The minimum atomic E-state index is -0.688. The molecule has 0 N–H and O–H groups in total. The van der Waals surface area contributed by atoms with Crippen molar-refractivity contribution in [2.45, 2.75) is 32.4 Å². The number of rotatable bonds is 5. The summed E-state index contributed by atoms with van der Waals surface area (Å²) in [4.78, 5) is 17.5. The summed E-state index contributed by atoms with van der Waals surface area (Å²) in [7, 11) is 0. The Balaban J connectivity index is 1.95. The maximum Gasteiger partial charge on any atom is 0.375 e. The topological polar surface area (TPSA) is 43.7 Å². The Kier molecular flexibility index (Phi) is 4.78. The van der Waals surface area contributed by atoms with E-state index in [-0.39, 0.29) is 5.97 Å². The summed E-state index contributed by atoms with van der Waals surface area (Å²) in [5.74, 6) is -0.352. The number of nitrogens with zero attached hydrogens (tertiary/aromatic N) is 2. The molecule has 5 heteroatoms. The molecule has 1 aliphatic rings. The van der Waals surface area contributed by atoms with Crippen molar-refractivity contribution in [1.29, 1.82) is 0 Å². The highest BCUT2D eigenvalue weighted by Gasteiger charge is 2.25. The average Bonchev–Trinajstić information content (AvgIpc) is 2.90. The van der Waals surface area contributed by atoms with E-state index in [1.165, 1.54) is 6.42 Å². The molecule has 0 radical (unpaired) electrons. The number of hydroxylamine groups is 2. The van der Waals surface area contributed by atoms with Crippen molar-refractivity contribution in [3.63, 3.8) is 0 Å². The summed E-state index contributed by atoms with van der Waals surface area (Å²) in [5, 5.41) is 1.74. The molecule has 1 atom stereocenters. The fourth-order valence-corrected chi connectivity index (χ4v) is 2.07. The summed E-state index contributed by atoms with van der Waals surface area (Å²) in [6, 6.07) is 3.72. The maximum atomic E-state index is 12.1. The molecule has 1 saturated heterocycles. The van der Waals surface area contributed by atoms with Gasteiger partial charge in [0.25, 0.3) is 0 Å². The van der Waals surface area contributed by atoms with E-state index >= 15 is 0 Å². The number of aromatic nitrogens is 1. The zero-order valence-electron chi connectivity index (χ0n) is 10.7. The predicted octanol–water partition coefficient (Wildman–Crippen LogP) is 1.97. The summed E-state index contributed by atoms with van der Waals surface area (Å²) >= 11 is 0. The molecule has 1 aromatic rings. The number of hydrogen-bond donors (Lipinski definition) is 0. The van der Waals surface area contributed by atoms with Crippen LogP contribution in [0.3, 0.4) is 0 Å². The van der Waals surface area contributed by atoms with Gasteiger partial charge in [0.1, 0.15) is 0 Å². The van der Waals surface area contributed by atoms with Gasteiger partial charge < -0.3 is 14.1 Å². The Morgan fingerprint density at radius 2 is 1.89 bits per heavy atom. The van der Waals surface area contributed by atoms with Crippen LogP contribution in [-0.2, 0) is 14.4 Å². The quantitative estimate of drug-likeness (QED) is 0.803. The summed E-state index contributed by atoms with van der Waals surface area (Å²) in [6.45, 7) is 3.97. The fourth-order valence-electron chi connectivity index (χ4n) is 2.07. The molecular formula is C13H20N2O3. The molecule has 0 bridgehead atoms. The number of hydrogen-bond acceptors (Lipinski definition) is 4. The van der Waals surface area contributed by atoms with Crippen LogP contribution in [0.4, 0.5) is 0 Å². The number of ether oxygens (including phenoxy) is 1. The summed E-state index contributed by atoms with van der Waals surface area (Å²) in [5.41, 5.74) is 0. The first-order chi connectivity index (χ1) is 8.81. The van der Waals surface area contributed by atoms with Gasteiger partial charge in [0, 0.05) is 32.1 Å². The molecule has 5 nitrogen and oxygen atoms in total. The first-order valence-corrected chi connectivity index (χ1v) is 6.52. The third-order valence-electron chi connectivity index (χ3n) is 2.96. The summed E-state index contributed by atoms with van der Waals surface area (Å²) in [6.07, 6.45) is 6.29. The van der Waals surface area contributed by atoms with E-state index in [0.717, 1.165) is 25.9 Å². The van der Waals surface area contributed by atoms with E-state index in [2.05, 4.69) is 0 Å². The van der Waals surface area contributed by atoms with Crippen molar-refractivity contribution < 1.29 is 14.4 Å². The van der Waals surface area contributed by atoms with Crippen LogP contribution in [-0.4, -0.2) is 35.3 Å². The van der Waals surface area contributed by atoms with Gasteiger partial charge in [0.15, 0.2) is 0 Å². The molecule has 0 aromatic carbocycles. The molecule has 1 unspecified atom stereocenters. The largest absolute Gasteiger partial charge is 0.375 e. The van der Waals surface area contributed by atoms with Crippen molar-refractivity contribution in [1.82, 2.24) is 9.63 Å². The second kappa shape index (κ2) is 6.56. The summed E-state index contributed by atoms with van der Waals surface area (Å²) < 4.78 is 7.17. The highest BCUT2D eigenvalue weighted by molar-refractivity contribution is 5.72. The lowest BCUT2D eigenvalue weighted by Crippen LogP contribution is -2.36. The van der Waals surface area contributed by atoms with E-state index < -0.39 is 6.23 Å². The molecule has 0 amide bonds. The second-order valence-corrected chi connectivity index (χ2v) is 4.34. The molecule has 1 aromatic heterocycles. The smallest absolute Gasteiger partial charge is 0.364 e. The van der Waals surface area contributed by atoms with Gasteiger partial charge in [-0.2, -0.15) is 0 Å². The molecular weight excluding hydrogens is 232 g/mol. The number of carbonyl (C=O) groups excluding carboxylic acids is 1. The van der Waals surface area contributed by atoms with Gasteiger partial charge in [-0.1, -0.05) is 6.42 Å². The SMILES string of the molecule is CCOC(C(=O)ON1CCCCC1)n1cccc1. The highest BCUT2D eigenvalue weighted by Crippen LogP contribution is 2.15. The van der Waals surface area contributed by atoms with Crippen molar-refractivity contribution in [2.75, 3.05) is 19.7 Å². The van der Waals surface area contributed by atoms with E-state index in [0.29, 0.717) is 6.61 Å². The Morgan fingerprint density at radius 3 is 2.50 bits per heavy atom. The van der Waals surface area contributed by atoms with Crippen LogP contribution in [0.15, 0.2) is 24.5 Å². The van der Waals surface area contributed by atoms with Crippen LogP contribution in [0.2, 0.25) is 0 Å². The zero-order chi connectivity index (χ0) is 12.8. The minimum absolute atomic E-state index is 0.352. The van der Waals surface area contributed by atoms with Crippen molar-refractivity contribution in [3.05, 3.63) is 24.5 Å². The third-order valence-corrected chi connectivity index (χ3v) is 2.96. The van der Waals surface area contributed by atoms with Crippen molar-refractivity contribution >= 4 is 5.97 Å². The zero-order valence-corrected chi connectivity index (χ0v) is 10.7. The van der Waals surface area contributed by atoms with E-state index in [1.807, 2.05) is 19.1 Å². The highest BCUT2D eigenvalue weighted by atomic mass is 16.7. The minimum Gasteiger partial charge on any atom is -0.364 e. The lowest BCUT2D eigenvalue weighted by molar-refractivity contribution is -0.212. The molecule has 0 aliphatic carbocycles. The fraction of sp³-hybridized carbons (Fsp3) is 0.615. The Hall–Kier alpha value is -1.33. The third kappa shape index (κ3) is 3.34. The number of piperidine rings is 1. The molecule has 0 spiro atoms. The van der Waals surface area contributed by atoms with E-state index in [9.17, 15) is 4.79 Å². The van der Waals surface area contributed by atoms with Gasteiger partial charge in [-0.15, -0.1) is 5.06 Å². The van der Waals surface area contributed by atoms with E-state index in [4.69, 9.17) is 9.57 Å². The monoisotopic (exact) mass is 252 g/mol. The lowest BCUT2D eigenvalue weighted by Gasteiger charge is -2.27. The molecule has 2 heterocycles. The molecule has 18 heavy (non-hydrogen) atoms. The standard InChI is InChI=1S/C13H20N2O3/c1-2-17-12(14-8-6-7-9-14)13(16)18-15-10-4-3-5-11-15/h6-9,12H,2-5,10-11H2,1H3. The van der Waals surface area contributed by atoms with Gasteiger partial charge >= 0.3 is 5.97 Å². The predicted molar refractivity (Wildman–Crippen MR) is 66.6 cm³/mol. The first kappa shape index (κ1) is 13.1. The first-order valence-electron chi connectivity index (χ1n) is 6.52. The van der Waals surface area contributed by atoms with Crippen LogP contribution >= 0.6 is 0 Å². The van der Waals surface area contributed by atoms with E-state index in [1.54, 1.807) is 22.0 Å². The van der Waals surface area contributed by atoms with Crippen molar-refractivity contribution in [3.8, 4) is 0 Å². The Bertz CT molecular complexity index is 358. The normalized spacial score (nSPS) is 18.5. The van der Waals surface area contributed by atoms with Gasteiger partial charge in [-0.05, 0) is 31.9 Å². The Morgan fingerprint density at radius 1 is 1.22 bits per heavy atom. The lowest BCUT2D eigenvalue weighted by atomic mass is 10.2. The second-order valence-electron chi connectivity index (χ2n) is 4.34. The van der Waals surface area contributed by atoms with Gasteiger partial charge in [-0.3, -0.25) is 0 Å². The molecule has 2 rings (SSSR count). The number of carbonyl (C=O) groups is 1. The van der Waals surface area contributed by atoms with Gasteiger partial charge in [-0.25, -0.2) is 4.79 Å². The van der Waals surface area contributed by atoms with Crippen LogP contribution in [0.25, 0.3) is 0 Å².